The summed E-state index contributed by atoms with van der Waals surface area (Å²) in [6, 6.07) is 21.2. The van der Waals surface area contributed by atoms with Gasteiger partial charge in [-0.3, -0.25) is 14.9 Å². The normalized spacial score (nSPS) is 15.0. The molecule has 0 atom stereocenters. The molecule has 2 amide bonds. The number of benzene rings is 3. The summed E-state index contributed by atoms with van der Waals surface area (Å²) >= 11 is 2.04. The van der Waals surface area contributed by atoms with E-state index in [1.54, 1.807) is 18.2 Å². The smallest absolute Gasteiger partial charge is 0.411 e. The molecule has 0 radical (unpaired) electrons. The van der Waals surface area contributed by atoms with Gasteiger partial charge >= 0.3 is 12.1 Å². The van der Waals surface area contributed by atoms with Gasteiger partial charge in [-0.1, -0.05) is 48.5 Å². The highest BCUT2D eigenvalue weighted by atomic mass is 127. The van der Waals surface area contributed by atoms with Crippen molar-refractivity contribution in [1.82, 2.24) is 5.32 Å². The highest BCUT2D eigenvalue weighted by Gasteiger charge is 2.50. The Hall–Kier alpha value is -3.40. The second kappa shape index (κ2) is 9.33. The van der Waals surface area contributed by atoms with Crippen LogP contribution >= 0.6 is 22.6 Å². The van der Waals surface area contributed by atoms with Crippen LogP contribution in [0.5, 0.6) is 0 Å². The minimum atomic E-state index is -0.880. The second-order valence-electron chi connectivity index (χ2n) is 8.91. The van der Waals surface area contributed by atoms with Gasteiger partial charge in [0.2, 0.25) is 0 Å². The topological polar surface area (TPSA) is 105 Å². The lowest BCUT2D eigenvalue weighted by molar-refractivity contribution is -0.143. The highest BCUT2D eigenvalue weighted by Crippen LogP contribution is 2.45. The van der Waals surface area contributed by atoms with Crippen molar-refractivity contribution < 1.29 is 24.2 Å². The number of anilines is 1. The van der Waals surface area contributed by atoms with Gasteiger partial charge in [-0.25, -0.2) is 4.79 Å². The quantitative estimate of drug-likeness (QED) is 0.331. The predicted octanol–water partition coefficient (Wildman–Crippen LogP) is 5.25. The first-order chi connectivity index (χ1) is 16.9. The number of ether oxygens (including phenoxy) is 1. The molecule has 8 heteroatoms. The minimum Gasteiger partial charge on any atom is -0.481 e. The number of fused-ring (bicyclic) bond motifs is 3. The third-order valence-corrected chi connectivity index (χ3v) is 7.60. The zero-order valence-corrected chi connectivity index (χ0v) is 20.9. The second-order valence-corrected chi connectivity index (χ2v) is 10.1. The predicted molar refractivity (Wildman–Crippen MR) is 139 cm³/mol. The third-order valence-electron chi connectivity index (χ3n) is 6.71. The lowest BCUT2D eigenvalue weighted by atomic mass is 9.98. The zero-order valence-electron chi connectivity index (χ0n) is 18.7. The summed E-state index contributed by atoms with van der Waals surface area (Å²) in [6.45, 7) is 0.319. The van der Waals surface area contributed by atoms with E-state index in [-0.39, 0.29) is 25.0 Å². The molecule has 35 heavy (non-hydrogen) atoms. The summed E-state index contributed by atoms with van der Waals surface area (Å²) in [6.07, 6.45) is 0.575. The number of carbonyl (C=O) groups excluding carboxylic acids is 2. The number of amides is 2. The lowest BCUT2D eigenvalue weighted by Crippen LogP contribution is -2.34. The average Bonchev–Trinajstić information content (AvgIpc) is 3.59. The van der Waals surface area contributed by atoms with Crippen LogP contribution in [0.2, 0.25) is 0 Å². The molecule has 1 saturated carbocycles. The van der Waals surface area contributed by atoms with Crippen molar-refractivity contribution in [3.8, 4) is 11.1 Å². The Balaban J connectivity index is 1.20. The standard InChI is InChI=1S/C27H23IN2O5/c28-22-13-16(24(31)29-15-27(11-12-27)25(32)33)9-10-23(22)30-26(34)35-14-21-19-7-3-1-5-17(19)18-6-2-4-8-20(18)21/h1-10,13,21H,11-12,14-15H2,(H,29,31)(H,30,34)(H,32,33). The van der Waals surface area contributed by atoms with Crippen molar-refractivity contribution in [2.75, 3.05) is 18.5 Å². The monoisotopic (exact) mass is 582 g/mol. The molecule has 3 N–H and O–H groups in total. The van der Waals surface area contributed by atoms with E-state index in [1.807, 2.05) is 46.9 Å². The summed E-state index contributed by atoms with van der Waals surface area (Å²) < 4.78 is 6.26. The van der Waals surface area contributed by atoms with E-state index >= 15 is 0 Å². The van der Waals surface area contributed by atoms with Crippen molar-refractivity contribution in [1.29, 1.82) is 0 Å². The Morgan fingerprint density at radius 3 is 2.17 bits per heavy atom. The Kier molecular flexibility index (Phi) is 6.22. The number of halogens is 1. The molecule has 0 aromatic heterocycles. The molecule has 5 rings (SSSR count). The molecule has 0 saturated heterocycles. The maximum atomic E-state index is 12.6. The molecule has 1 fully saturated rings. The van der Waals surface area contributed by atoms with Crippen LogP contribution in [-0.2, 0) is 9.53 Å². The van der Waals surface area contributed by atoms with Crippen LogP contribution < -0.4 is 10.6 Å². The van der Waals surface area contributed by atoms with Gasteiger partial charge < -0.3 is 15.2 Å². The first-order valence-electron chi connectivity index (χ1n) is 11.3. The number of nitrogens with one attached hydrogen (secondary N) is 2. The summed E-state index contributed by atoms with van der Waals surface area (Å²) in [5, 5.41) is 14.7. The fraction of sp³-hybridized carbons (Fsp3) is 0.222. The molecule has 178 valence electrons. The van der Waals surface area contributed by atoms with Crippen molar-refractivity contribution in [2.24, 2.45) is 5.41 Å². The maximum Gasteiger partial charge on any atom is 0.411 e. The molecule has 0 bridgehead atoms. The van der Waals surface area contributed by atoms with Crippen LogP contribution in [0.15, 0.2) is 66.7 Å². The van der Waals surface area contributed by atoms with Crippen LogP contribution in [-0.4, -0.2) is 36.2 Å². The van der Waals surface area contributed by atoms with E-state index in [2.05, 4.69) is 34.9 Å². The van der Waals surface area contributed by atoms with Crippen molar-refractivity contribution >= 4 is 46.2 Å². The van der Waals surface area contributed by atoms with Gasteiger partial charge in [-0.2, -0.15) is 0 Å². The van der Waals surface area contributed by atoms with E-state index in [9.17, 15) is 19.5 Å². The number of carbonyl (C=O) groups is 3. The van der Waals surface area contributed by atoms with Crippen LogP contribution in [0.4, 0.5) is 10.5 Å². The number of carboxylic acids is 1. The number of hydrogen-bond acceptors (Lipinski definition) is 4. The highest BCUT2D eigenvalue weighted by molar-refractivity contribution is 14.1. The van der Waals surface area contributed by atoms with Crippen LogP contribution in [0.25, 0.3) is 11.1 Å². The first-order valence-corrected chi connectivity index (χ1v) is 12.4. The molecule has 7 nitrogen and oxygen atoms in total. The van der Waals surface area contributed by atoms with Gasteiger partial charge in [0, 0.05) is 21.6 Å². The van der Waals surface area contributed by atoms with Crippen LogP contribution in [0, 0.1) is 8.99 Å². The largest absolute Gasteiger partial charge is 0.481 e. The molecular weight excluding hydrogens is 559 g/mol. The molecular formula is C27H23IN2O5. The molecule has 2 aliphatic rings. The van der Waals surface area contributed by atoms with E-state index in [0.29, 0.717) is 27.7 Å². The minimum absolute atomic E-state index is 0.0288. The van der Waals surface area contributed by atoms with E-state index in [4.69, 9.17) is 4.74 Å². The fourth-order valence-electron chi connectivity index (χ4n) is 4.47. The molecule has 3 aromatic carbocycles. The fourth-order valence-corrected chi connectivity index (χ4v) is 5.12. The molecule has 3 aromatic rings. The molecule has 0 heterocycles. The van der Waals surface area contributed by atoms with Gasteiger partial charge in [0.15, 0.2) is 0 Å². The van der Waals surface area contributed by atoms with Crippen LogP contribution in [0.1, 0.15) is 40.2 Å². The van der Waals surface area contributed by atoms with Gasteiger partial charge in [0.1, 0.15) is 6.61 Å². The number of rotatable bonds is 7. The van der Waals surface area contributed by atoms with Gasteiger partial charge in [0.05, 0.1) is 11.1 Å². The molecule has 0 unspecified atom stereocenters. The van der Waals surface area contributed by atoms with Gasteiger partial charge in [-0.15, -0.1) is 0 Å². The lowest BCUT2D eigenvalue weighted by Gasteiger charge is -2.15. The van der Waals surface area contributed by atoms with E-state index in [1.165, 1.54) is 0 Å². The van der Waals surface area contributed by atoms with Gasteiger partial charge in [-0.05, 0) is 75.9 Å². The molecule has 2 aliphatic carbocycles. The summed E-state index contributed by atoms with van der Waals surface area (Å²) in [5.41, 5.74) is 4.71. The van der Waals surface area contributed by atoms with Crippen molar-refractivity contribution in [2.45, 2.75) is 18.8 Å². The maximum absolute atomic E-state index is 12.6. The number of aliphatic carboxylic acids is 1. The van der Waals surface area contributed by atoms with E-state index in [0.717, 1.165) is 22.3 Å². The van der Waals surface area contributed by atoms with Gasteiger partial charge in [0.25, 0.3) is 5.91 Å². The van der Waals surface area contributed by atoms with Crippen molar-refractivity contribution in [3.63, 3.8) is 0 Å². The number of hydrogen-bond donors (Lipinski definition) is 3. The zero-order chi connectivity index (χ0) is 24.6. The Morgan fingerprint density at radius 2 is 1.60 bits per heavy atom. The first kappa shape index (κ1) is 23.3. The number of carboxylic acid groups (broad SMARTS) is 1. The van der Waals surface area contributed by atoms with Crippen LogP contribution in [0.3, 0.4) is 0 Å². The Morgan fingerprint density at radius 1 is 0.971 bits per heavy atom. The summed E-state index contributed by atoms with van der Waals surface area (Å²) in [7, 11) is 0. The van der Waals surface area contributed by atoms with Crippen molar-refractivity contribution in [3.05, 3.63) is 87.0 Å². The Bertz CT molecular complexity index is 1290. The average molecular weight is 582 g/mol. The summed E-state index contributed by atoms with van der Waals surface area (Å²) in [4.78, 5) is 36.3. The van der Waals surface area contributed by atoms with E-state index < -0.39 is 17.5 Å². The molecule has 0 aliphatic heterocycles. The Labute approximate surface area is 216 Å². The third kappa shape index (κ3) is 4.62. The summed E-state index contributed by atoms with van der Waals surface area (Å²) in [5.74, 6) is -1.25. The molecule has 0 spiro atoms. The SMILES string of the molecule is O=C(Nc1ccc(C(=O)NCC2(C(=O)O)CC2)cc1I)OCC1c2ccccc2-c2ccccc21.